The van der Waals surface area contributed by atoms with Crippen molar-refractivity contribution in [3.05, 3.63) is 48.5 Å². The normalized spacial score (nSPS) is 13.0. The van der Waals surface area contributed by atoms with Crippen LogP contribution in [0.1, 0.15) is 40.2 Å². The molecule has 37 heavy (non-hydrogen) atoms. The van der Waals surface area contributed by atoms with Crippen LogP contribution in [0.3, 0.4) is 0 Å². The van der Waals surface area contributed by atoms with Gasteiger partial charge in [0.1, 0.15) is 24.7 Å². The van der Waals surface area contributed by atoms with E-state index < -0.39 is 34.6 Å². The molecule has 202 valence electrons. The van der Waals surface area contributed by atoms with Crippen LogP contribution < -0.4 is 10.6 Å². The first-order valence-electron chi connectivity index (χ1n) is 12.0. The van der Waals surface area contributed by atoms with Crippen molar-refractivity contribution in [3.63, 3.8) is 0 Å². The molecule has 0 bridgehead atoms. The van der Waals surface area contributed by atoms with Crippen molar-refractivity contribution in [1.82, 2.24) is 25.4 Å². The minimum Gasteiger partial charge on any atom is -0.464 e. The first-order valence-corrected chi connectivity index (χ1v) is 12.8. The zero-order valence-corrected chi connectivity index (χ0v) is 22.6. The lowest BCUT2D eigenvalue weighted by Crippen LogP contribution is -2.60. The highest BCUT2D eigenvalue weighted by Crippen LogP contribution is 2.22. The molecule has 1 heterocycles. The number of carbonyl (C=O) groups excluding carboxylic acids is 4. The second-order valence-electron chi connectivity index (χ2n) is 9.14. The van der Waals surface area contributed by atoms with Gasteiger partial charge in [-0.25, -0.2) is 14.5 Å². The number of nitrogens with one attached hydrogen (secondary N) is 2. The maximum absolute atomic E-state index is 13.1. The molecule has 0 saturated carbocycles. The third-order valence-corrected chi connectivity index (χ3v) is 6.56. The molecule has 2 rings (SSSR count). The minimum atomic E-state index is -1.39. The van der Waals surface area contributed by atoms with E-state index in [2.05, 4.69) is 20.7 Å². The molecule has 0 saturated heterocycles. The Hall–Kier alpha value is -3.25. The Morgan fingerprint density at radius 2 is 1.84 bits per heavy atom. The molecule has 0 radical (unpaired) electrons. The molecular weight excluding hydrogens is 498 g/mol. The molecule has 2 amide bonds. The van der Waals surface area contributed by atoms with Gasteiger partial charge in [0, 0.05) is 0 Å². The average Bonchev–Trinajstić information content (AvgIpc) is 3.35. The smallest absolute Gasteiger partial charge is 0.331 e. The van der Waals surface area contributed by atoms with Crippen LogP contribution in [0.5, 0.6) is 0 Å². The predicted molar refractivity (Wildman–Crippen MR) is 138 cm³/mol. The Labute approximate surface area is 221 Å². The average molecular weight is 534 g/mol. The Kier molecular flexibility index (Phi) is 11.7. The summed E-state index contributed by atoms with van der Waals surface area (Å²) in [5, 5.41) is 8.23. The third kappa shape index (κ3) is 9.96. The van der Waals surface area contributed by atoms with Crippen LogP contribution in [0.15, 0.2) is 43.0 Å². The zero-order chi connectivity index (χ0) is 27.4. The van der Waals surface area contributed by atoms with E-state index in [1.165, 1.54) is 31.2 Å². The summed E-state index contributed by atoms with van der Waals surface area (Å²) in [6.45, 7) is 8.59. The fourth-order valence-corrected chi connectivity index (χ4v) is 4.10. The molecule has 0 aliphatic heterocycles. The standard InChI is InChI=1S/C25H35N5O6S/c1-6-36-23(33)19(14-35-13-18-10-8-7-9-11-18)28-24(34)25(4,5)29-22(32)21(17(2)3)37-20(31)12-30-16-26-15-27-30/h7-11,15-17,19,21H,6,12-14H2,1-5H3,(H,28,34)(H,29,32). The van der Waals surface area contributed by atoms with Crippen molar-refractivity contribution in [3.8, 4) is 0 Å². The van der Waals surface area contributed by atoms with E-state index in [-0.39, 0.29) is 37.4 Å². The van der Waals surface area contributed by atoms with Crippen LogP contribution in [0.25, 0.3) is 0 Å². The van der Waals surface area contributed by atoms with Crippen molar-refractivity contribution in [1.29, 1.82) is 0 Å². The van der Waals surface area contributed by atoms with Crippen LogP contribution in [-0.4, -0.2) is 67.7 Å². The molecule has 1 aromatic carbocycles. The van der Waals surface area contributed by atoms with E-state index in [1.807, 2.05) is 44.2 Å². The molecule has 0 aliphatic rings. The molecule has 12 heteroatoms. The Morgan fingerprint density at radius 3 is 2.43 bits per heavy atom. The van der Waals surface area contributed by atoms with Crippen molar-refractivity contribution in [2.24, 2.45) is 5.92 Å². The topological polar surface area (TPSA) is 142 Å². The van der Waals surface area contributed by atoms with Gasteiger partial charge in [-0.1, -0.05) is 55.9 Å². The summed E-state index contributed by atoms with van der Waals surface area (Å²) in [5.41, 5.74) is -0.469. The number of amides is 2. The van der Waals surface area contributed by atoms with Crippen molar-refractivity contribution >= 4 is 34.7 Å². The summed E-state index contributed by atoms with van der Waals surface area (Å²) in [4.78, 5) is 54.9. The number of ether oxygens (including phenoxy) is 2. The molecule has 11 nitrogen and oxygen atoms in total. The fraction of sp³-hybridized carbons (Fsp3) is 0.520. The Bertz CT molecular complexity index is 1030. The van der Waals surface area contributed by atoms with Crippen LogP contribution >= 0.6 is 11.8 Å². The SMILES string of the molecule is CCOC(=O)C(COCc1ccccc1)NC(=O)C(C)(C)NC(=O)C(SC(=O)Cn1cncn1)C(C)C. The van der Waals surface area contributed by atoms with E-state index >= 15 is 0 Å². The highest BCUT2D eigenvalue weighted by Gasteiger charge is 2.36. The van der Waals surface area contributed by atoms with E-state index in [4.69, 9.17) is 9.47 Å². The lowest BCUT2D eigenvalue weighted by Gasteiger charge is -2.30. The van der Waals surface area contributed by atoms with Crippen molar-refractivity contribution in [2.75, 3.05) is 13.2 Å². The van der Waals surface area contributed by atoms with Crippen LogP contribution in [0, 0.1) is 5.92 Å². The zero-order valence-electron chi connectivity index (χ0n) is 21.8. The summed E-state index contributed by atoms with van der Waals surface area (Å²) in [6, 6.07) is 8.34. The predicted octanol–water partition coefficient (Wildman–Crippen LogP) is 1.72. The van der Waals surface area contributed by atoms with Crippen LogP contribution in [0.2, 0.25) is 0 Å². The third-order valence-electron chi connectivity index (χ3n) is 5.16. The highest BCUT2D eigenvalue weighted by atomic mass is 32.2. The Balaban J connectivity index is 2.00. The molecule has 2 unspecified atom stereocenters. The maximum atomic E-state index is 13.1. The lowest BCUT2D eigenvalue weighted by atomic mass is 10.0. The summed E-state index contributed by atoms with van der Waals surface area (Å²) < 4.78 is 12.1. The van der Waals surface area contributed by atoms with Gasteiger partial charge in [0.05, 0.1) is 25.1 Å². The van der Waals surface area contributed by atoms with E-state index in [0.29, 0.717) is 0 Å². The minimum absolute atomic E-state index is 0.0325. The van der Waals surface area contributed by atoms with Gasteiger partial charge in [-0.05, 0) is 32.3 Å². The van der Waals surface area contributed by atoms with Gasteiger partial charge < -0.3 is 20.1 Å². The second kappa shape index (κ2) is 14.5. The van der Waals surface area contributed by atoms with Gasteiger partial charge in [0.25, 0.3) is 0 Å². The van der Waals surface area contributed by atoms with E-state index in [9.17, 15) is 19.2 Å². The monoisotopic (exact) mass is 533 g/mol. The quantitative estimate of drug-likeness (QED) is 0.347. The molecule has 2 N–H and O–H groups in total. The van der Waals surface area contributed by atoms with Gasteiger partial charge in [-0.3, -0.25) is 14.4 Å². The van der Waals surface area contributed by atoms with Gasteiger partial charge in [0.2, 0.25) is 16.9 Å². The number of esters is 1. The molecule has 2 aromatic rings. The van der Waals surface area contributed by atoms with Crippen molar-refractivity contribution in [2.45, 2.75) is 64.6 Å². The number of thioether (sulfide) groups is 1. The van der Waals surface area contributed by atoms with Gasteiger partial charge in [-0.2, -0.15) is 5.10 Å². The number of benzene rings is 1. The number of hydrogen-bond donors (Lipinski definition) is 2. The van der Waals surface area contributed by atoms with E-state index in [1.54, 1.807) is 6.92 Å². The number of hydrogen-bond acceptors (Lipinski definition) is 9. The molecular formula is C25H35N5O6S. The summed E-state index contributed by atoms with van der Waals surface area (Å²) in [7, 11) is 0. The number of aromatic nitrogens is 3. The molecule has 0 fully saturated rings. The number of carbonyl (C=O) groups is 4. The first-order chi connectivity index (χ1) is 17.5. The first kappa shape index (κ1) is 30.0. The van der Waals surface area contributed by atoms with Gasteiger partial charge in [0.15, 0.2) is 6.04 Å². The number of nitrogens with zero attached hydrogens (tertiary/aromatic N) is 3. The fourth-order valence-electron chi connectivity index (χ4n) is 3.17. The molecule has 1 aromatic heterocycles. The summed E-state index contributed by atoms with van der Waals surface area (Å²) in [6.07, 6.45) is 2.74. The van der Waals surface area contributed by atoms with Crippen LogP contribution in [-0.2, 0) is 41.8 Å². The largest absolute Gasteiger partial charge is 0.464 e. The summed E-state index contributed by atoms with van der Waals surface area (Å²) >= 11 is 0.881. The van der Waals surface area contributed by atoms with Gasteiger partial charge in [-0.15, -0.1) is 0 Å². The van der Waals surface area contributed by atoms with Gasteiger partial charge >= 0.3 is 5.97 Å². The highest BCUT2D eigenvalue weighted by molar-refractivity contribution is 8.14. The number of rotatable bonds is 14. The molecule has 0 aliphatic carbocycles. The van der Waals surface area contributed by atoms with Crippen LogP contribution in [0.4, 0.5) is 0 Å². The Morgan fingerprint density at radius 1 is 1.14 bits per heavy atom. The maximum Gasteiger partial charge on any atom is 0.331 e. The molecule has 0 spiro atoms. The van der Waals surface area contributed by atoms with E-state index in [0.717, 1.165) is 17.3 Å². The second-order valence-corrected chi connectivity index (χ2v) is 10.3. The van der Waals surface area contributed by atoms with Crippen molar-refractivity contribution < 1.29 is 28.7 Å². The lowest BCUT2D eigenvalue weighted by molar-refractivity contribution is -0.150. The molecule has 2 atom stereocenters. The summed E-state index contributed by atoms with van der Waals surface area (Å²) in [5.74, 6) is -1.90.